The van der Waals surface area contributed by atoms with Gasteiger partial charge in [-0.05, 0) is 25.5 Å². The van der Waals surface area contributed by atoms with Crippen LogP contribution in [0.1, 0.15) is 18.9 Å². The molecule has 2 rings (SSSR count). The van der Waals surface area contributed by atoms with Gasteiger partial charge >= 0.3 is 0 Å². The molecule has 1 heterocycles. The predicted octanol–water partition coefficient (Wildman–Crippen LogP) is 0.555. The lowest BCUT2D eigenvalue weighted by Crippen LogP contribution is -3.03. The number of nitrogens with zero attached hydrogens (tertiary/aromatic N) is 1. The molecule has 5 nitrogen and oxygen atoms in total. The lowest BCUT2D eigenvalue weighted by Gasteiger charge is -2.12. The molecular weight excluding hydrogens is 276 g/mol. The third kappa shape index (κ3) is 5.73. The number of quaternary nitrogens is 1. The quantitative estimate of drug-likeness (QED) is 0.828. The van der Waals surface area contributed by atoms with Gasteiger partial charge < -0.3 is 9.45 Å². The summed E-state index contributed by atoms with van der Waals surface area (Å²) in [4.78, 5) is 3.64. The van der Waals surface area contributed by atoms with Gasteiger partial charge in [-0.1, -0.05) is 24.6 Å². The summed E-state index contributed by atoms with van der Waals surface area (Å²) in [5.41, 5.74) is 0.928. The van der Waals surface area contributed by atoms with Crippen LogP contribution in [-0.4, -0.2) is 38.1 Å². The van der Waals surface area contributed by atoms with Crippen LogP contribution in [0, 0.1) is 6.92 Å². The van der Waals surface area contributed by atoms with Crippen molar-refractivity contribution in [2.24, 2.45) is 0 Å². The number of hydrogen-bond donors (Lipinski definition) is 1. The Balaban J connectivity index is 0.000000204. The maximum atomic E-state index is 10.4. The molecule has 0 saturated carbocycles. The zero-order valence-corrected chi connectivity index (χ0v) is 13.0. The van der Waals surface area contributed by atoms with Crippen molar-refractivity contribution in [3.63, 3.8) is 0 Å². The van der Waals surface area contributed by atoms with E-state index < -0.39 is 10.1 Å². The van der Waals surface area contributed by atoms with E-state index in [0.717, 1.165) is 12.2 Å². The van der Waals surface area contributed by atoms with Gasteiger partial charge in [-0.3, -0.25) is 4.90 Å². The number of benzene rings is 1. The van der Waals surface area contributed by atoms with Gasteiger partial charge in [0.15, 0.2) is 6.67 Å². The van der Waals surface area contributed by atoms with Gasteiger partial charge in [0.2, 0.25) is 0 Å². The fraction of sp³-hybridized carbons (Fsp3) is 0.429. The van der Waals surface area contributed by atoms with Gasteiger partial charge in [-0.2, -0.15) is 0 Å². The Bertz CT molecular complexity index is 538. The molecular formula is C14H22N2O3S. The first-order chi connectivity index (χ1) is 9.32. The zero-order chi connectivity index (χ0) is 15.2. The van der Waals surface area contributed by atoms with Crippen LogP contribution in [0.3, 0.4) is 0 Å². The summed E-state index contributed by atoms with van der Waals surface area (Å²) in [7, 11) is -2.10. The second-order valence-corrected chi connectivity index (χ2v) is 6.28. The first-order valence-corrected chi connectivity index (χ1v) is 8.01. The molecule has 0 bridgehead atoms. The van der Waals surface area contributed by atoms with Crippen LogP contribution < -0.4 is 4.90 Å². The minimum Gasteiger partial charge on any atom is -0.744 e. The van der Waals surface area contributed by atoms with Gasteiger partial charge in [-0.15, -0.1) is 0 Å². The Morgan fingerprint density at radius 2 is 1.90 bits per heavy atom. The highest BCUT2D eigenvalue weighted by atomic mass is 32.2. The number of aryl methyl sites for hydroxylation is 1. The average molecular weight is 298 g/mol. The molecule has 6 heteroatoms. The molecule has 0 amide bonds. The summed E-state index contributed by atoms with van der Waals surface area (Å²) in [6.45, 7) is 6.38. The van der Waals surface area contributed by atoms with Crippen molar-refractivity contribution in [3.8, 4) is 0 Å². The van der Waals surface area contributed by atoms with E-state index in [-0.39, 0.29) is 4.90 Å². The lowest BCUT2D eigenvalue weighted by molar-refractivity contribution is -0.826. The van der Waals surface area contributed by atoms with E-state index in [4.69, 9.17) is 0 Å². The van der Waals surface area contributed by atoms with Crippen LogP contribution in [0.25, 0.3) is 0 Å². The molecule has 1 atom stereocenters. The first-order valence-electron chi connectivity index (χ1n) is 6.60. The van der Waals surface area contributed by atoms with Crippen molar-refractivity contribution >= 4 is 10.1 Å². The topological polar surface area (TPSA) is 64.9 Å². The summed E-state index contributed by atoms with van der Waals surface area (Å²) in [6, 6.07) is 5.78. The van der Waals surface area contributed by atoms with Crippen molar-refractivity contribution in [2.45, 2.75) is 25.2 Å². The summed E-state index contributed by atoms with van der Waals surface area (Å²) in [5.74, 6) is 0. The largest absolute Gasteiger partial charge is 0.744 e. The van der Waals surface area contributed by atoms with E-state index in [0.29, 0.717) is 0 Å². The van der Waals surface area contributed by atoms with E-state index in [9.17, 15) is 13.0 Å². The summed E-state index contributed by atoms with van der Waals surface area (Å²) < 4.78 is 31.2. The van der Waals surface area contributed by atoms with E-state index in [1.54, 1.807) is 12.1 Å². The molecule has 1 unspecified atom stereocenters. The molecule has 1 aliphatic heterocycles. The minimum atomic E-state index is -4.27. The van der Waals surface area contributed by atoms with Gasteiger partial charge in [-0.25, -0.2) is 8.42 Å². The highest BCUT2D eigenvalue weighted by Gasteiger charge is 2.09. The second kappa shape index (κ2) is 7.42. The Kier molecular flexibility index (Phi) is 6.19. The Hall–Kier alpha value is -1.37. The first kappa shape index (κ1) is 16.7. The van der Waals surface area contributed by atoms with Crippen LogP contribution in [0.4, 0.5) is 0 Å². The van der Waals surface area contributed by atoms with E-state index in [1.807, 2.05) is 6.92 Å². The van der Waals surface area contributed by atoms with Gasteiger partial charge in [0.1, 0.15) is 16.3 Å². The maximum Gasteiger partial charge on any atom is 0.156 e. The third-order valence-corrected chi connectivity index (χ3v) is 3.69. The van der Waals surface area contributed by atoms with Crippen LogP contribution in [0.2, 0.25) is 0 Å². The van der Waals surface area contributed by atoms with Crippen molar-refractivity contribution in [1.29, 1.82) is 0 Å². The molecule has 1 aliphatic rings. The van der Waals surface area contributed by atoms with E-state index in [2.05, 4.69) is 31.3 Å². The highest BCUT2D eigenvalue weighted by Crippen LogP contribution is 2.08. The van der Waals surface area contributed by atoms with Crippen LogP contribution in [0.5, 0.6) is 0 Å². The Morgan fingerprint density at radius 1 is 1.30 bits per heavy atom. The van der Waals surface area contributed by atoms with Gasteiger partial charge in [0.05, 0.1) is 18.1 Å². The molecule has 0 radical (unpaired) electrons. The molecule has 112 valence electrons. The Labute approximate surface area is 121 Å². The molecule has 20 heavy (non-hydrogen) atoms. The number of rotatable bonds is 3. The van der Waals surface area contributed by atoms with Crippen LogP contribution in [-0.2, 0) is 10.1 Å². The summed E-state index contributed by atoms with van der Waals surface area (Å²) in [6.07, 6.45) is 5.62. The predicted molar refractivity (Wildman–Crippen MR) is 77.0 cm³/mol. The third-order valence-electron chi connectivity index (χ3n) is 2.84. The van der Waals surface area contributed by atoms with Crippen molar-refractivity contribution in [1.82, 2.24) is 4.90 Å². The van der Waals surface area contributed by atoms with Crippen LogP contribution in [0.15, 0.2) is 41.6 Å². The maximum absolute atomic E-state index is 10.4. The number of hydrogen-bond acceptors (Lipinski definition) is 4. The summed E-state index contributed by atoms with van der Waals surface area (Å²) >= 11 is 0. The molecule has 1 aromatic carbocycles. The SMILES string of the molecule is CCCN1C=C[NH+](C)C1.Cc1ccc(S(=O)(=O)[O-])cc1. The zero-order valence-electron chi connectivity index (χ0n) is 12.2. The van der Waals surface area contributed by atoms with Gasteiger partial charge in [0, 0.05) is 6.54 Å². The molecule has 1 aromatic rings. The molecule has 0 fully saturated rings. The summed E-state index contributed by atoms with van der Waals surface area (Å²) in [5, 5.41) is 0. The van der Waals surface area contributed by atoms with Crippen molar-refractivity contribution in [2.75, 3.05) is 20.3 Å². The van der Waals surface area contributed by atoms with Crippen LogP contribution >= 0.6 is 0 Å². The fourth-order valence-corrected chi connectivity index (χ4v) is 2.27. The highest BCUT2D eigenvalue weighted by molar-refractivity contribution is 7.85. The monoisotopic (exact) mass is 298 g/mol. The van der Waals surface area contributed by atoms with Crippen molar-refractivity contribution in [3.05, 3.63) is 42.2 Å². The minimum absolute atomic E-state index is 0.178. The number of nitrogens with one attached hydrogen (secondary N) is 1. The standard InChI is InChI=1S/C7H14N2.C7H8O3S/c1-3-4-9-6-5-8(2)7-9;1-6-2-4-7(5-3-6)11(8,9)10/h5-6H,3-4,7H2,1-2H3;2-5H,1H3,(H,8,9,10). The molecule has 1 N–H and O–H groups in total. The molecule has 0 spiro atoms. The van der Waals surface area contributed by atoms with E-state index >= 15 is 0 Å². The average Bonchev–Trinajstić information content (AvgIpc) is 2.76. The second-order valence-electron chi connectivity index (χ2n) is 4.90. The molecule has 0 aromatic heterocycles. The molecule has 0 saturated heterocycles. The lowest BCUT2D eigenvalue weighted by atomic mass is 10.2. The van der Waals surface area contributed by atoms with E-state index in [1.165, 1.54) is 30.0 Å². The van der Waals surface area contributed by atoms with Gasteiger partial charge in [0.25, 0.3) is 0 Å². The Morgan fingerprint density at radius 3 is 2.30 bits per heavy atom. The molecule has 0 aliphatic carbocycles. The normalized spacial score (nSPS) is 17.8. The fourth-order valence-electron chi connectivity index (χ4n) is 1.80. The smallest absolute Gasteiger partial charge is 0.156 e. The van der Waals surface area contributed by atoms with Crippen molar-refractivity contribution < 1.29 is 17.9 Å².